The van der Waals surface area contributed by atoms with E-state index in [9.17, 15) is 9.59 Å². The van der Waals surface area contributed by atoms with E-state index in [2.05, 4.69) is 5.32 Å². The minimum atomic E-state index is -0.251. The minimum absolute atomic E-state index is 0.204. The van der Waals surface area contributed by atoms with Crippen molar-refractivity contribution in [2.24, 2.45) is 7.05 Å². The Labute approximate surface area is 160 Å². The summed E-state index contributed by atoms with van der Waals surface area (Å²) >= 11 is 6.08. The topological polar surface area (TPSA) is 56.0 Å². The first-order valence-corrected chi connectivity index (χ1v) is 9.04. The Morgan fingerprint density at radius 2 is 1.89 bits per heavy atom. The Balaban J connectivity index is 1.55. The lowest BCUT2D eigenvalue weighted by atomic mass is 10.1. The molecule has 0 bridgehead atoms. The Kier molecular flexibility index (Phi) is 4.46. The van der Waals surface area contributed by atoms with Crippen LogP contribution in [0.15, 0.2) is 65.6 Å². The van der Waals surface area contributed by atoms with Crippen molar-refractivity contribution in [2.75, 3.05) is 6.54 Å². The van der Waals surface area contributed by atoms with Crippen molar-refractivity contribution < 1.29 is 4.79 Å². The van der Waals surface area contributed by atoms with E-state index in [0.717, 1.165) is 21.8 Å². The zero-order chi connectivity index (χ0) is 19.0. The fraction of sp³-hybridized carbons (Fsp3) is 0.143. The standard InChI is InChI=1S/C21H18ClN3O2/c1-24-18-5-3-2-4-16(18)17(13-20(24)26)21(27)23-9-11-25-10-8-14-6-7-15(22)12-19(14)25/h2-8,10,12-13H,9,11H2,1H3,(H,23,27). The second-order valence-electron chi connectivity index (χ2n) is 6.44. The number of benzene rings is 2. The van der Waals surface area contributed by atoms with Crippen LogP contribution in [0.5, 0.6) is 0 Å². The van der Waals surface area contributed by atoms with Gasteiger partial charge in [-0.15, -0.1) is 0 Å². The molecule has 0 saturated heterocycles. The van der Waals surface area contributed by atoms with Crippen LogP contribution in [0.4, 0.5) is 0 Å². The third kappa shape index (κ3) is 3.22. The molecule has 1 N–H and O–H groups in total. The van der Waals surface area contributed by atoms with Gasteiger partial charge in [-0.2, -0.15) is 0 Å². The van der Waals surface area contributed by atoms with Crippen molar-refractivity contribution in [3.8, 4) is 0 Å². The fourth-order valence-corrected chi connectivity index (χ4v) is 3.50. The number of aryl methyl sites for hydroxylation is 1. The molecule has 0 aliphatic carbocycles. The molecular weight excluding hydrogens is 362 g/mol. The highest BCUT2D eigenvalue weighted by Gasteiger charge is 2.13. The van der Waals surface area contributed by atoms with Crippen LogP contribution in [-0.2, 0) is 13.6 Å². The Bertz CT molecular complexity index is 1220. The van der Waals surface area contributed by atoms with Gasteiger partial charge < -0.3 is 14.5 Å². The second kappa shape index (κ2) is 6.93. The summed E-state index contributed by atoms with van der Waals surface area (Å²) in [7, 11) is 1.70. The number of para-hydroxylation sites is 1. The zero-order valence-electron chi connectivity index (χ0n) is 14.8. The van der Waals surface area contributed by atoms with Gasteiger partial charge >= 0.3 is 0 Å². The second-order valence-corrected chi connectivity index (χ2v) is 6.88. The average Bonchev–Trinajstić information content (AvgIpc) is 3.07. The zero-order valence-corrected chi connectivity index (χ0v) is 15.5. The molecule has 0 saturated carbocycles. The van der Waals surface area contributed by atoms with Crippen molar-refractivity contribution in [1.29, 1.82) is 0 Å². The molecule has 0 radical (unpaired) electrons. The van der Waals surface area contributed by atoms with Gasteiger partial charge in [0.05, 0.1) is 11.1 Å². The first-order valence-electron chi connectivity index (χ1n) is 8.66. The van der Waals surface area contributed by atoms with Gasteiger partial charge in [-0.25, -0.2) is 0 Å². The van der Waals surface area contributed by atoms with Crippen LogP contribution in [0.25, 0.3) is 21.8 Å². The number of carbonyl (C=O) groups excluding carboxylic acids is 1. The smallest absolute Gasteiger partial charge is 0.252 e. The molecule has 0 spiro atoms. The van der Waals surface area contributed by atoms with Crippen molar-refractivity contribution in [3.63, 3.8) is 0 Å². The van der Waals surface area contributed by atoms with Crippen molar-refractivity contribution in [2.45, 2.75) is 6.54 Å². The number of amides is 1. The largest absolute Gasteiger partial charge is 0.350 e. The Hall–Kier alpha value is -3.05. The summed E-state index contributed by atoms with van der Waals surface area (Å²) in [5.41, 5.74) is 1.95. The van der Waals surface area contributed by atoms with Crippen molar-refractivity contribution >= 4 is 39.3 Å². The number of hydrogen-bond acceptors (Lipinski definition) is 2. The predicted molar refractivity (Wildman–Crippen MR) is 108 cm³/mol. The first kappa shape index (κ1) is 17.4. The van der Waals surface area contributed by atoms with E-state index >= 15 is 0 Å². The lowest BCUT2D eigenvalue weighted by Gasteiger charge is -2.11. The van der Waals surface area contributed by atoms with E-state index < -0.39 is 0 Å². The Morgan fingerprint density at radius 3 is 2.74 bits per heavy atom. The summed E-state index contributed by atoms with van der Waals surface area (Å²) in [6.07, 6.45) is 1.97. The molecule has 4 aromatic rings. The lowest BCUT2D eigenvalue weighted by Crippen LogP contribution is -2.29. The van der Waals surface area contributed by atoms with E-state index in [4.69, 9.17) is 11.6 Å². The fourth-order valence-electron chi connectivity index (χ4n) is 3.34. The van der Waals surface area contributed by atoms with Crippen molar-refractivity contribution in [1.82, 2.24) is 14.5 Å². The summed E-state index contributed by atoms with van der Waals surface area (Å²) in [4.78, 5) is 24.8. The molecule has 5 nitrogen and oxygen atoms in total. The molecule has 4 rings (SSSR count). The third-order valence-electron chi connectivity index (χ3n) is 4.77. The van der Waals surface area contributed by atoms with Crippen LogP contribution in [0.1, 0.15) is 10.4 Å². The van der Waals surface area contributed by atoms with E-state index in [1.165, 1.54) is 6.07 Å². The predicted octanol–water partition coefficient (Wildman–Crippen LogP) is 3.58. The molecule has 0 unspecified atom stereocenters. The summed E-state index contributed by atoms with van der Waals surface area (Å²) in [6.45, 7) is 1.05. The van der Waals surface area contributed by atoms with E-state index in [0.29, 0.717) is 23.7 Å². The van der Waals surface area contributed by atoms with Gasteiger partial charge in [-0.05, 0) is 29.7 Å². The normalized spacial score (nSPS) is 11.2. The van der Waals surface area contributed by atoms with Crippen LogP contribution in [-0.4, -0.2) is 21.6 Å². The molecule has 0 fully saturated rings. The van der Waals surface area contributed by atoms with Gasteiger partial charge in [0.25, 0.3) is 11.5 Å². The van der Waals surface area contributed by atoms with Gasteiger partial charge in [-0.1, -0.05) is 35.9 Å². The number of fused-ring (bicyclic) bond motifs is 2. The Morgan fingerprint density at radius 1 is 1.07 bits per heavy atom. The lowest BCUT2D eigenvalue weighted by molar-refractivity contribution is 0.0954. The molecule has 1 amide bonds. The number of nitrogens with zero attached hydrogens (tertiary/aromatic N) is 2. The molecule has 0 aliphatic heterocycles. The average molecular weight is 380 g/mol. The van der Waals surface area contributed by atoms with Crippen LogP contribution in [0, 0.1) is 0 Å². The van der Waals surface area contributed by atoms with E-state index in [-0.39, 0.29) is 11.5 Å². The summed E-state index contributed by atoms with van der Waals surface area (Å²) in [5.74, 6) is -0.251. The van der Waals surface area contributed by atoms with E-state index in [1.807, 2.05) is 59.3 Å². The van der Waals surface area contributed by atoms with Gasteiger partial charge in [0.2, 0.25) is 0 Å². The number of rotatable bonds is 4. The molecule has 0 aliphatic rings. The monoisotopic (exact) mass is 379 g/mol. The number of hydrogen-bond donors (Lipinski definition) is 1. The van der Waals surface area contributed by atoms with Gasteiger partial charge in [0.15, 0.2) is 0 Å². The van der Waals surface area contributed by atoms with Gasteiger partial charge in [-0.3, -0.25) is 9.59 Å². The molecule has 2 heterocycles. The quantitative estimate of drug-likeness (QED) is 0.589. The van der Waals surface area contributed by atoms with Crippen LogP contribution >= 0.6 is 11.6 Å². The molecular formula is C21H18ClN3O2. The van der Waals surface area contributed by atoms with E-state index in [1.54, 1.807) is 11.6 Å². The molecule has 0 atom stereocenters. The summed E-state index contributed by atoms with van der Waals surface area (Å²) in [6, 6.07) is 16.5. The van der Waals surface area contributed by atoms with Crippen molar-refractivity contribution in [3.05, 3.63) is 81.7 Å². The van der Waals surface area contributed by atoms with Gasteiger partial charge in [0, 0.05) is 48.3 Å². The summed E-state index contributed by atoms with van der Waals surface area (Å²) in [5, 5.41) is 5.45. The third-order valence-corrected chi connectivity index (χ3v) is 5.01. The molecule has 27 heavy (non-hydrogen) atoms. The SMILES string of the molecule is Cn1c(=O)cc(C(=O)NCCn2ccc3ccc(Cl)cc32)c2ccccc21. The highest BCUT2D eigenvalue weighted by Crippen LogP contribution is 2.20. The van der Waals surface area contributed by atoms with Crippen LogP contribution in [0.2, 0.25) is 5.02 Å². The maximum absolute atomic E-state index is 12.7. The maximum atomic E-state index is 12.7. The number of halogens is 1. The van der Waals surface area contributed by atoms with Crippen LogP contribution < -0.4 is 10.9 Å². The highest BCUT2D eigenvalue weighted by atomic mass is 35.5. The molecule has 2 aromatic carbocycles. The number of nitrogens with one attached hydrogen (secondary N) is 1. The van der Waals surface area contributed by atoms with Crippen LogP contribution in [0.3, 0.4) is 0 Å². The molecule has 136 valence electrons. The number of carbonyl (C=O) groups is 1. The number of aromatic nitrogens is 2. The maximum Gasteiger partial charge on any atom is 0.252 e. The summed E-state index contributed by atoms with van der Waals surface area (Å²) < 4.78 is 3.59. The molecule has 6 heteroatoms. The highest BCUT2D eigenvalue weighted by molar-refractivity contribution is 6.31. The molecule has 2 aromatic heterocycles. The van der Waals surface area contributed by atoms with Gasteiger partial charge in [0.1, 0.15) is 0 Å². The first-order chi connectivity index (χ1) is 13.0. The number of pyridine rings is 1. The minimum Gasteiger partial charge on any atom is -0.350 e.